The van der Waals surface area contributed by atoms with Crippen LogP contribution in [0.3, 0.4) is 0 Å². The first-order valence-electron chi connectivity index (χ1n) is 21.5. The van der Waals surface area contributed by atoms with Gasteiger partial charge in [-0.3, -0.25) is 0 Å². The average molecular weight is 1130 g/mol. The van der Waals surface area contributed by atoms with Crippen LogP contribution in [0.1, 0.15) is 100 Å². The first-order chi connectivity index (χ1) is 28.2. The molecule has 0 nitrogen and oxygen atoms in total. The number of rotatable bonds is 6. The molecule has 0 bridgehead atoms. The fraction of sp³-hybridized carbons (Fsp3) is 0.357. The molecule has 0 aliphatic carbocycles. The van der Waals surface area contributed by atoms with E-state index in [1.807, 2.05) is 11.6 Å². The van der Waals surface area contributed by atoms with Crippen LogP contribution in [0.5, 0.6) is 0 Å². The summed E-state index contributed by atoms with van der Waals surface area (Å²) in [4.78, 5) is 0. The van der Waals surface area contributed by atoms with Crippen molar-refractivity contribution in [1.29, 1.82) is 0 Å². The molecular weight excluding hydrogens is 1060 g/mol. The van der Waals surface area contributed by atoms with E-state index in [2.05, 4.69) is 229 Å². The van der Waals surface area contributed by atoms with Gasteiger partial charge in [0.25, 0.3) is 0 Å². The molecule has 6 aromatic rings. The first-order valence-corrected chi connectivity index (χ1v) is 34.8. The van der Waals surface area contributed by atoms with E-state index >= 15 is 0 Å². The molecule has 0 fully saturated rings. The maximum atomic E-state index is 2.62. The summed E-state index contributed by atoms with van der Waals surface area (Å²) in [5.41, 5.74) is 26.0. The Balaban J connectivity index is 0.000000296. The SMILES string of the molecule is C[Se].C[Se].Cc1cc(C)[c]([In-]([c]2c(C)cc(C)cc2C)[c]2c(C)cc(C)cc2C)c(C)c1.Cc1cc(C)[c]([In-]([c]2c(C)cc(C)cc2C)[c]2c(C)cc(C)cc2C)c(C)c1. The normalized spacial score (nSPS) is 10.8. The summed E-state index contributed by atoms with van der Waals surface area (Å²) in [6, 6.07) is 28.7. The number of benzene rings is 6. The van der Waals surface area contributed by atoms with Gasteiger partial charge >= 0.3 is 404 Å². The van der Waals surface area contributed by atoms with Gasteiger partial charge in [0, 0.05) is 0 Å². The van der Waals surface area contributed by atoms with Crippen LogP contribution in [0.4, 0.5) is 0 Å². The maximum absolute atomic E-state index is 2.62. The zero-order valence-electron chi connectivity index (χ0n) is 40.9. The van der Waals surface area contributed by atoms with Crippen LogP contribution in [0.2, 0.25) is 11.6 Å². The molecule has 0 aliphatic rings. The molecule has 4 heteroatoms. The van der Waals surface area contributed by atoms with Crippen LogP contribution in [-0.2, 0) is 0 Å². The summed E-state index contributed by atoms with van der Waals surface area (Å²) in [5.74, 6) is 3.75. The third kappa shape index (κ3) is 12.2. The summed E-state index contributed by atoms with van der Waals surface area (Å²) >= 11 is 0.120. The summed E-state index contributed by atoms with van der Waals surface area (Å²) in [6.45, 7) is 41.3. The monoisotopic (exact) mass is 1130 g/mol. The summed E-state index contributed by atoms with van der Waals surface area (Å²) in [7, 11) is 0. The van der Waals surface area contributed by atoms with Gasteiger partial charge in [0.05, 0.1) is 0 Å². The van der Waals surface area contributed by atoms with Gasteiger partial charge in [-0.1, -0.05) is 0 Å². The molecule has 0 saturated carbocycles. The predicted molar refractivity (Wildman–Crippen MR) is 276 cm³/mol. The molecule has 0 saturated heterocycles. The molecule has 316 valence electrons. The van der Waals surface area contributed by atoms with E-state index in [4.69, 9.17) is 0 Å². The second-order valence-electron chi connectivity index (χ2n) is 17.7. The third-order valence-corrected chi connectivity index (χ3v) is 37.6. The Morgan fingerprint density at radius 2 is 0.283 bits per heavy atom. The van der Waals surface area contributed by atoms with Gasteiger partial charge < -0.3 is 0 Å². The van der Waals surface area contributed by atoms with E-state index in [1.54, 1.807) is 19.9 Å². The molecule has 0 amide bonds. The van der Waals surface area contributed by atoms with Gasteiger partial charge in [-0.25, -0.2) is 0 Å². The van der Waals surface area contributed by atoms with Gasteiger partial charge in [0.15, 0.2) is 0 Å². The Bertz CT molecular complexity index is 1890. The van der Waals surface area contributed by atoms with Crippen LogP contribution < -0.4 is 19.9 Å². The zero-order valence-corrected chi connectivity index (χ0v) is 50.9. The molecule has 0 aromatic heterocycles. The minimum absolute atomic E-state index is 1.37. The predicted octanol–water partition coefficient (Wildman–Crippen LogP) is 10.4. The van der Waals surface area contributed by atoms with Crippen molar-refractivity contribution in [2.45, 2.75) is 136 Å². The summed E-state index contributed by atoms with van der Waals surface area (Å²) in [5, 5.41) is 0. The first kappa shape index (κ1) is 52.4. The Labute approximate surface area is 399 Å². The molecule has 0 heterocycles. The summed E-state index contributed by atoms with van der Waals surface area (Å²) < 4.78 is 10.1. The Morgan fingerprint density at radius 1 is 0.200 bits per heavy atom. The molecular formula is C56H72In2Se2-2. The van der Waals surface area contributed by atoms with E-state index in [9.17, 15) is 0 Å². The van der Waals surface area contributed by atoms with Crippen molar-refractivity contribution in [2.75, 3.05) is 0 Å². The molecule has 6 rings (SSSR count). The van der Waals surface area contributed by atoms with Crippen molar-refractivity contribution >= 4 is 94.8 Å². The number of aryl methyl sites for hydroxylation is 18. The van der Waals surface area contributed by atoms with E-state index in [1.165, 1.54) is 100 Å². The number of hydrogen-bond donors (Lipinski definition) is 0. The fourth-order valence-corrected chi connectivity index (χ4v) is 34.1. The molecule has 0 aliphatic heterocycles. The standard InChI is InChI=1S/6C9H11.2CH3Se.2In/c6*1-7-4-8(2)6-9(3)5-7;2*1-2;;/h6*4-5H,1-3H3;2*1H3;;/q;;;;;;;;2*-1. The molecule has 60 heavy (non-hydrogen) atoms. The van der Waals surface area contributed by atoms with E-state index < -0.39 is 42.9 Å². The van der Waals surface area contributed by atoms with Gasteiger partial charge in [-0.05, 0) is 0 Å². The van der Waals surface area contributed by atoms with E-state index in [0.29, 0.717) is 0 Å². The summed E-state index contributed by atoms with van der Waals surface area (Å²) in [6.07, 6.45) is 0. The Morgan fingerprint density at radius 3 is 0.367 bits per heavy atom. The van der Waals surface area contributed by atoms with Crippen molar-refractivity contribution in [3.8, 4) is 0 Å². The third-order valence-electron chi connectivity index (χ3n) is 12.2. The van der Waals surface area contributed by atoms with Gasteiger partial charge in [-0.15, -0.1) is 0 Å². The number of hydrogen-bond acceptors (Lipinski definition) is 0. The molecule has 0 N–H and O–H groups in total. The van der Waals surface area contributed by atoms with E-state index in [0.717, 1.165) is 0 Å². The molecule has 0 unspecified atom stereocenters. The van der Waals surface area contributed by atoms with Crippen LogP contribution in [0, 0.1) is 125 Å². The average Bonchev–Trinajstić information content (AvgIpc) is 3.11. The van der Waals surface area contributed by atoms with E-state index in [-0.39, 0.29) is 0 Å². The van der Waals surface area contributed by atoms with Gasteiger partial charge in [0.2, 0.25) is 0 Å². The minimum atomic E-state index is -2.57. The zero-order chi connectivity index (χ0) is 45.5. The van der Waals surface area contributed by atoms with Gasteiger partial charge in [0.1, 0.15) is 0 Å². The Hall–Kier alpha value is -1.90. The van der Waals surface area contributed by atoms with Gasteiger partial charge in [-0.2, -0.15) is 0 Å². The quantitative estimate of drug-likeness (QED) is 0.146. The van der Waals surface area contributed by atoms with Crippen LogP contribution in [0.15, 0.2) is 72.8 Å². The topological polar surface area (TPSA) is 0 Å². The van der Waals surface area contributed by atoms with Crippen molar-refractivity contribution in [3.05, 3.63) is 173 Å². The van der Waals surface area contributed by atoms with Crippen LogP contribution in [0.25, 0.3) is 0 Å². The van der Waals surface area contributed by atoms with Crippen molar-refractivity contribution in [2.24, 2.45) is 0 Å². The molecule has 4 radical (unpaired) electrons. The van der Waals surface area contributed by atoms with Crippen LogP contribution >= 0.6 is 0 Å². The molecule has 0 spiro atoms. The Kier molecular flexibility index (Phi) is 20.2. The molecule has 6 aromatic carbocycles. The second-order valence-corrected chi connectivity index (χ2v) is 32.6. The fourth-order valence-electron chi connectivity index (χ4n) is 10.7. The van der Waals surface area contributed by atoms with Crippen molar-refractivity contribution in [3.63, 3.8) is 0 Å². The van der Waals surface area contributed by atoms with Crippen molar-refractivity contribution in [1.82, 2.24) is 0 Å². The second kappa shape index (κ2) is 23.2. The molecule has 0 atom stereocenters. The van der Waals surface area contributed by atoms with Crippen molar-refractivity contribution < 1.29 is 0 Å². The van der Waals surface area contributed by atoms with Crippen LogP contribution in [-0.4, -0.2) is 74.9 Å².